The maximum Gasteiger partial charge on any atom is 0.251 e. The summed E-state index contributed by atoms with van der Waals surface area (Å²) in [6.07, 6.45) is -2.19. The molecule has 1 heterocycles. The topological polar surface area (TPSA) is 12.5 Å². The van der Waals surface area contributed by atoms with Crippen molar-refractivity contribution in [3.05, 3.63) is 0 Å². The molecule has 16 heavy (non-hydrogen) atoms. The average molecular weight is 233 g/mol. The highest BCUT2D eigenvalue weighted by atomic mass is 19.3. The second kappa shape index (κ2) is 4.22. The number of hydrogen-bond donors (Lipinski definition) is 0. The first kappa shape index (κ1) is 12.2. The molecule has 0 N–H and O–H groups in total. The van der Waals surface area contributed by atoms with Crippen molar-refractivity contribution in [3.63, 3.8) is 0 Å². The third-order valence-corrected chi connectivity index (χ3v) is 3.55. The fourth-order valence-corrected chi connectivity index (χ4v) is 2.67. The van der Waals surface area contributed by atoms with Gasteiger partial charge in [0.05, 0.1) is 18.8 Å². The maximum absolute atomic E-state index is 12.2. The van der Waals surface area contributed by atoms with Crippen molar-refractivity contribution in [1.29, 1.82) is 0 Å². The molecule has 2 aliphatic rings. The Morgan fingerprint density at radius 2 is 1.81 bits per heavy atom. The van der Waals surface area contributed by atoms with Crippen LogP contribution in [0.4, 0.5) is 8.78 Å². The van der Waals surface area contributed by atoms with Crippen molar-refractivity contribution < 1.29 is 13.5 Å². The molecule has 0 aromatic rings. The number of halogens is 2. The minimum Gasteiger partial charge on any atom is -0.376 e. The molecule has 2 fully saturated rings. The van der Waals surface area contributed by atoms with E-state index in [-0.39, 0.29) is 12.1 Å². The average Bonchev–Trinajstić information content (AvgIpc) is 2.54. The molecule has 1 saturated carbocycles. The predicted octanol–water partition coefficient (Wildman–Crippen LogP) is 2.24. The van der Waals surface area contributed by atoms with Crippen LogP contribution >= 0.6 is 0 Å². The van der Waals surface area contributed by atoms with Crippen LogP contribution in [0.3, 0.4) is 0 Å². The van der Waals surface area contributed by atoms with Crippen LogP contribution in [0.5, 0.6) is 0 Å². The SMILES string of the molecule is CC(C)(C)OCC1[C@H]2CN(CC(F)F)C[C@@H]12. The van der Waals surface area contributed by atoms with Gasteiger partial charge in [-0.15, -0.1) is 0 Å². The zero-order valence-electron chi connectivity index (χ0n) is 10.2. The van der Waals surface area contributed by atoms with Gasteiger partial charge in [0.25, 0.3) is 6.43 Å². The number of fused-ring (bicyclic) bond motifs is 1. The van der Waals surface area contributed by atoms with E-state index >= 15 is 0 Å². The van der Waals surface area contributed by atoms with Crippen molar-refractivity contribution in [2.45, 2.75) is 32.8 Å². The van der Waals surface area contributed by atoms with Gasteiger partial charge in [0.15, 0.2) is 0 Å². The second-order valence-electron chi connectivity index (χ2n) is 6.02. The number of ether oxygens (including phenoxy) is 1. The summed E-state index contributed by atoms with van der Waals surface area (Å²) in [5, 5.41) is 0. The van der Waals surface area contributed by atoms with Crippen LogP contribution in [0.15, 0.2) is 0 Å². The lowest BCUT2D eigenvalue weighted by atomic mass is 10.2. The summed E-state index contributed by atoms with van der Waals surface area (Å²) in [5.74, 6) is 1.84. The van der Waals surface area contributed by atoms with Crippen LogP contribution in [0.25, 0.3) is 0 Å². The number of piperidine rings is 1. The van der Waals surface area contributed by atoms with Crippen LogP contribution in [0, 0.1) is 17.8 Å². The first-order valence-corrected chi connectivity index (χ1v) is 6.01. The highest BCUT2D eigenvalue weighted by molar-refractivity contribution is 5.05. The highest BCUT2D eigenvalue weighted by Gasteiger charge is 2.55. The van der Waals surface area contributed by atoms with Gasteiger partial charge in [0.1, 0.15) is 0 Å². The second-order valence-corrected chi connectivity index (χ2v) is 6.02. The van der Waals surface area contributed by atoms with Crippen molar-refractivity contribution in [2.24, 2.45) is 17.8 Å². The van der Waals surface area contributed by atoms with E-state index in [1.165, 1.54) is 0 Å². The van der Waals surface area contributed by atoms with Crippen LogP contribution in [0.1, 0.15) is 20.8 Å². The van der Waals surface area contributed by atoms with Crippen LogP contribution in [-0.2, 0) is 4.74 Å². The van der Waals surface area contributed by atoms with Gasteiger partial charge in [-0.2, -0.15) is 0 Å². The van der Waals surface area contributed by atoms with E-state index in [2.05, 4.69) is 0 Å². The Bertz CT molecular complexity index is 240. The molecule has 0 bridgehead atoms. The molecular formula is C12H21F2NO. The molecule has 0 aromatic heterocycles. The quantitative estimate of drug-likeness (QED) is 0.738. The van der Waals surface area contributed by atoms with Gasteiger partial charge in [-0.25, -0.2) is 8.78 Å². The smallest absolute Gasteiger partial charge is 0.251 e. The van der Waals surface area contributed by atoms with Gasteiger partial charge in [0, 0.05) is 13.1 Å². The van der Waals surface area contributed by atoms with E-state index in [0.717, 1.165) is 19.7 Å². The van der Waals surface area contributed by atoms with Crippen LogP contribution in [-0.4, -0.2) is 43.2 Å². The Labute approximate surface area is 95.9 Å². The van der Waals surface area contributed by atoms with E-state index in [9.17, 15) is 8.78 Å². The summed E-state index contributed by atoms with van der Waals surface area (Å²) in [6.45, 7) is 8.57. The zero-order chi connectivity index (χ0) is 11.9. The van der Waals surface area contributed by atoms with Gasteiger partial charge in [-0.05, 0) is 38.5 Å². The van der Waals surface area contributed by atoms with Crippen molar-refractivity contribution in [3.8, 4) is 0 Å². The van der Waals surface area contributed by atoms with E-state index in [0.29, 0.717) is 17.8 Å². The van der Waals surface area contributed by atoms with E-state index < -0.39 is 6.43 Å². The molecule has 1 saturated heterocycles. The minimum absolute atomic E-state index is 0.0557. The van der Waals surface area contributed by atoms with Gasteiger partial charge in [-0.1, -0.05) is 0 Å². The fraction of sp³-hybridized carbons (Fsp3) is 1.00. The first-order chi connectivity index (χ1) is 7.37. The molecule has 2 nitrogen and oxygen atoms in total. The monoisotopic (exact) mass is 233 g/mol. The Hall–Kier alpha value is -0.220. The Morgan fingerprint density at radius 3 is 2.25 bits per heavy atom. The summed E-state index contributed by atoms with van der Waals surface area (Å²) >= 11 is 0. The van der Waals surface area contributed by atoms with Gasteiger partial charge >= 0.3 is 0 Å². The third-order valence-electron chi connectivity index (χ3n) is 3.55. The lowest BCUT2D eigenvalue weighted by molar-refractivity contribution is -0.0154. The molecule has 3 atom stereocenters. The highest BCUT2D eigenvalue weighted by Crippen LogP contribution is 2.52. The van der Waals surface area contributed by atoms with Crippen molar-refractivity contribution in [1.82, 2.24) is 4.90 Å². The summed E-state index contributed by atoms with van der Waals surface area (Å²) in [7, 11) is 0. The molecular weight excluding hydrogens is 212 g/mol. The number of nitrogens with zero attached hydrogens (tertiary/aromatic N) is 1. The predicted molar refractivity (Wildman–Crippen MR) is 58.6 cm³/mol. The largest absolute Gasteiger partial charge is 0.376 e. The molecule has 1 aliphatic heterocycles. The molecule has 0 amide bonds. The van der Waals surface area contributed by atoms with Gasteiger partial charge in [-0.3, -0.25) is 4.90 Å². The zero-order valence-corrected chi connectivity index (χ0v) is 10.2. The molecule has 4 heteroatoms. The Morgan fingerprint density at radius 1 is 1.25 bits per heavy atom. The number of hydrogen-bond acceptors (Lipinski definition) is 2. The van der Waals surface area contributed by atoms with Gasteiger partial charge in [0.2, 0.25) is 0 Å². The molecule has 2 rings (SSSR count). The molecule has 0 radical (unpaired) electrons. The number of alkyl halides is 2. The van der Waals surface area contributed by atoms with Crippen molar-refractivity contribution >= 4 is 0 Å². The van der Waals surface area contributed by atoms with Crippen molar-refractivity contribution in [2.75, 3.05) is 26.2 Å². The molecule has 0 spiro atoms. The third kappa shape index (κ3) is 2.92. The maximum atomic E-state index is 12.2. The number of rotatable bonds is 4. The van der Waals surface area contributed by atoms with Gasteiger partial charge < -0.3 is 4.74 Å². The minimum atomic E-state index is -2.19. The summed E-state index contributed by atoms with van der Waals surface area (Å²) in [6, 6.07) is 0. The normalized spacial score (nSPS) is 34.5. The number of likely N-dealkylation sites (tertiary alicyclic amines) is 1. The van der Waals surface area contributed by atoms with Crippen LogP contribution in [0.2, 0.25) is 0 Å². The van der Waals surface area contributed by atoms with E-state index in [1.807, 2.05) is 25.7 Å². The summed E-state index contributed by atoms with van der Waals surface area (Å²) in [4.78, 5) is 1.88. The van der Waals surface area contributed by atoms with E-state index in [1.54, 1.807) is 0 Å². The Balaban J connectivity index is 1.67. The molecule has 1 aliphatic carbocycles. The summed E-state index contributed by atoms with van der Waals surface area (Å²) in [5.41, 5.74) is -0.0838. The van der Waals surface area contributed by atoms with Crippen LogP contribution < -0.4 is 0 Å². The van der Waals surface area contributed by atoms with E-state index in [4.69, 9.17) is 4.74 Å². The fourth-order valence-electron chi connectivity index (χ4n) is 2.67. The first-order valence-electron chi connectivity index (χ1n) is 6.01. The lowest BCUT2D eigenvalue weighted by Gasteiger charge is -2.22. The lowest BCUT2D eigenvalue weighted by Crippen LogP contribution is -2.31. The summed E-state index contributed by atoms with van der Waals surface area (Å²) < 4.78 is 30.1. The standard InChI is InChI=1S/C12H21F2NO/c1-12(2,3)16-7-10-8-4-15(5-9(8)10)6-11(13)14/h8-11H,4-7H2,1-3H3/t8-,9+,10?. The molecule has 0 aromatic carbocycles. The molecule has 94 valence electrons. The molecule has 1 unspecified atom stereocenters. The Kier molecular flexibility index (Phi) is 3.23.